The molecule has 3 fully saturated rings. The zero-order chi connectivity index (χ0) is 39.7. The molecule has 3 heteroatoms. The van der Waals surface area contributed by atoms with Gasteiger partial charge in [0.15, 0.2) is 0 Å². The largest absolute Gasteiger partial charge is 0.279 e. The van der Waals surface area contributed by atoms with E-state index in [0.29, 0.717) is 11.8 Å². The first kappa shape index (κ1) is 37.0. The van der Waals surface area contributed by atoms with Crippen molar-refractivity contribution in [2.45, 2.75) is 131 Å². The fourth-order valence-corrected chi connectivity index (χ4v) is 13.3. The maximum absolute atomic E-state index is 3.91. The van der Waals surface area contributed by atoms with Crippen LogP contribution >= 0.6 is 0 Å². The summed E-state index contributed by atoms with van der Waals surface area (Å²) in [4.78, 5) is 0. The molecule has 1 saturated heterocycles. The highest BCUT2D eigenvalue weighted by Crippen LogP contribution is 2.63. The topological polar surface area (TPSA) is 36.1 Å². The van der Waals surface area contributed by atoms with Crippen LogP contribution in [0.2, 0.25) is 0 Å². The van der Waals surface area contributed by atoms with Crippen LogP contribution in [0.5, 0.6) is 0 Å². The van der Waals surface area contributed by atoms with Crippen molar-refractivity contribution < 1.29 is 0 Å². The summed E-state index contributed by atoms with van der Waals surface area (Å²) in [5, 5.41) is 11.7. The van der Waals surface area contributed by atoms with Crippen LogP contribution in [-0.4, -0.2) is 6.17 Å². The fraction of sp³-hybridized carbons (Fsp3) is 0.368. The highest BCUT2D eigenvalue weighted by molar-refractivity contribution is 5.91. The molecule has 0 amide bonds. The zero-order valence-corrected chi connectivity index (χ0v) is 35.1. The number of fused-ring (bicyclic) bond motifs is 10. The molecule has 1 heterocycles. The van der Waals surface area contributed by atoms with Gasteiger partial charge in [0.25, 0.3) is 0 Å². The Balaban J connectivity index is 0.872. The molecule has 5 aromatic rings. The predicted molar refractivity (Wildman–Crippen MR) is 247 cm³/mol. The van der Waals surface area contributed by atoms with E-state index < -0.39 is 0 Å². The molecule has 2 spiro atoms. The molecular formula is C57H59N3. The van der Waals surface area contributed by atoms with Crippen LogP contribution < -0.4 is 16.0 Å². The van der Waals surface area contributed by atoms with E-state index in [4.69, 9.17) is 0 Å². The van der Waals surface area contributed by atoms with E-state index in [1.54, 1.807) is 44.5 Å². The van der Waals surface area contributed by atoms with E-state index in [1.165, 1.54) is 92.0 Å². The Bertz CT molecular complexity index is 2510. The molecule has 7 aliphatic rings. The number of allylic oxidation sites excluding steroid dienone is 4. The summed E-state index contributed by atoms with van der Waals surface area (Å²) in [7, 11) is 0. The van der Waals surface area contributed by atoms with E-state index in [1.807, 2.05) is 0 Å². The first-order valence-electron chi connectivity index (χ1n) is 23.6. The van der Waals surface area contributed by atoms with Crippen molar-refractivity contribution in [2.75, 3.05) is 0 Å². The van der Waals surface area contributed by atoms with E-state index in [-0.39, 0.29) is 29.3 Å². The lowest BCUT2D eigenvalue weighted by Crippen LogP contribution is -2.59. The summed E-state index contributed by atoms with van der Waals surface area (Å²) in [6, 6.07) is 42.9. The van der Waals surface area contributed by atoms with Gasteiger partial charge in [-0.15, -0.1) is 0 Å². The molecule has 5 aromatic carbocycles. The first-order chi connectivity index (χ1) is 29.7. The van der Waals surface area contributed by atoms with Crippen molar-refractivity contribution in [3.8, 4) is 22.3 Å². The number of rotatable bonds is 5. The van der Waals surface area contributed by atoms with E-state index in [9.17, 15) is 0 Å². The van der Waals surface area contributed by atoms with Crippen molar-refractivity contribution in [3.05, 3.63) is 190 Å². The Labute approximate surface area is 357 Å². The van der Waals surface area contributed by atoms with Crippen LogP contribution in [0.1, 0.15) is 159 Å². The predicted octanol–water partition coefficient (Wildman–Crippen LogP) is 13.4. The molecule has 0 aromatic heterocycles. The lowest BCUT2D eigenvalue weighted by molar-refractivity contribution is 0.223. The monoisotopic (exact) mass is 785 g/mol. The summed E-state index contributed by atoms with van der Waals surface area (Å²) < 4.78 is 0. The van der Waals surface area contributed by atoms with Gasteiger partial charge in [-0.2, -0.15) is 0 Å². The minimum absolute atomic E-state index is 0.0341. The molecule has 302 valence electrons. The molecule has 60 heavy (non-hydrogen) atoms. The summed E-state index contributed by atoms with van der Waals surface area (Å²) in [6.45, 7) is 0. The van der Waals surface area contributed by atoms with Crippen molar-refractivity contribution in [3.63, 3.8) is 0 Å². The average Bonchev–Trinajstić information content (AvgIpc) is 3.74. The standard InChI is InChI=1S/C57H59N3/c1-5-17-39(18-6-1)53-58-54(40-19-7-2-8-20-40)60-55(59-53)41-29-27-38(28-30-41)42-21-15-22-43(35-42)44-24-16-26-49-52(44)47-37-50-46(36-51(47)57(49)33-13-4-14-34-57)45-23-9-10-25-48(45)56(50)31-11-3-12-32-56/h1,5-7,9-10,15-20,22-30,36-37,42-43,53-55,58-60H,2-4,8,11-14,21,31-35H2. The highest BCUT2D eigenvalue weighted by Gasteiger charge is 2.49. The molecule has 5 atom stereocenters. The maximum atomic E-state index is 3.91. The molecule has 12 rings (SSSR count). The van der Waals surface area contributed by atoms with Gasteiger partial charge >= 0.3 is 0 Å². The summed E-state index contributed by atoms with van der Waals surface area (Å²) in [5.41, 5.74) is 20.0. The van der Waals surface area contributed by atoms with Gasteiger partial charge in [-0.1, -0.05) is 166 Å². The second-order valence-electron chi connectivity index (χ2n) is 19.3. The smallest absolute Gasteiger partial charge is 0.0864 e. The van der Waals surface area contributed by atoms with Gasteiger partial charge in [0, 0.05) is 16.7 Å². The molecule has 6 aliphatic carbocycles. The molecule has 2 saturated carbocycles. The van der Waals surface area contributed by atoms with E-state index in [2.05, 4.69) is 156 Å². The molecule has 0 bridgehead atoms. The van der Waals surface area contributed by atoms with E-state index >= 15 is 0 Å². The van der Waals surface area contributed by atoms with Crippen molar-refractivity contribution in [1.29, 1.82) is 0 Å². The third kappa shape index (κ3) is 5.94. The Morgan fingerprint density at radius 1 is 0.483 bits per heavy atom. The maximum Gasteiger partial charge on any atom is 0.0864 e. The third-order valence-electron chi connectivity index (χ3n) is 16.2. The molecular weight excluding hydrogens is 727 g/mol. The summed E-state index contributed by atoms with van der Waals surface area (Å²) in [5.74, 6) is 0.891. The van der Waals surface area contributed by atoms with Gasteiger partial charge in [-0.3, -0.25) is 16.0 Å². The van der Waals surface area contributed by atoms with Crippen molar-refractivity contribution in [1.82, 2.24) is 16.0 Å². The third-order valence-corrected chi connectivity index (χ3v) is 16.2. The fourth-order valence-electron chi connectivity index (χ4n) is 13.3. The van der Waals surface area contributed by atoms with Crippen molar-refractivity contribution >= 4 is 0 Å². The molecule has 1 aliphatic heterocycles. The molecule has 0 radical (unpaired) electrons. The van der Waals surface area contributed by atoms with Gasteiger partial charge in [0.05, 0.1) is 18.5 Å². The van der Waals surface area contributed by atoms with Gasteiger partial charge in [0.1, 0.15) is 0 Å². The molecule has 3 nitrogen and oxygen atoms in total. The molecule has 5 unspecified atom stereocenters. The lowest BCUT2D eigenvalue weighted by atomic mass is 9.66. The second kappa shape index (κ2) is 15.0. The van der Waals surface area contributed by atoms with E-state index in [0.717, 1.165) is 25.7 Å². The zero-order valence-electron chi connectivity index (χ0n) is 35.1. The average molecular weight is 786 g/mol. The Hall–Kier alpha value is -4.80. The summed E-state index contributed by atoms with van der Waals surface area (Å²) >= 11 is 0. The Morgan fingerprint density at radius 3 is 1.87 bits per heavy atom. The highest BCUT2D eigenvalue weighted by atomic mass is 15.4. The van der Waals surface area contributed by atoms with Gasteiger partial charge in [0.2, 0.25) is 0 Å². The molecule has 3 N–H and O–H groups in total. The number of nitrogens with one attached hydrogen (secondary N) is 3. The first-order valence-corrected chi connectivity index (χ1v) is 23.6. The second-order valence-corrected chi connectivity index (χ2v) is 19.3. The Morgan fingerprint density at radius 2 is 1.12 bits per heavy atom. The van der Waals surface area contributed by atoms with Gasteiger partial charge in [-0.05, 0) is 142 Å². The van der Waals surface area contributed by atoms with Crippen LogP contribution in [-0.2, 0) is 10.8 Å². The van der Waals surface area contributed by atoms with Gasteiger partial charge in [-0.25, -0.2) is 0 Å². The van der Waals surface area contributed by atoms with Crippen LogP contribution in [0.25, 0.3) is 22.3 Å². The lowest BCUT2D eigenvalue weighted by Gasteiger charge is -2.40. The minimum Gasteiger partial charge on any atom is -0.279 e. The summed E-state index contributed by atoms with van der Waals surface area (Å²) in [6.07, 6.45) is 29.9. The number of benzene rings is 5. The normalized spacial score (nSPS) is 26.9. The number of hydrogen-bond acceptors (Lipinski definition) is 3. The van der Waals surface area contributed by atoms with Crippen LogP contribution in [0.3, 0.4) is 0 Å². The van der Waals surface area contributed by atoms with Crippen LogP contribution in [0.4, 0.5) is 0 Å². The van der Waals surface area contributed by atoms with Crippen LogP contribution in [0.15, 0.2) is 145 Å². The number of hydrogen-bond donors (Lipinski definition) is 3. The van der Waals surface area contributed by atoms with Crippen LogP contribution in [0, 0.1) is 0 Å². The SMILES string of the molecule is C1=CC(C2NC(c3ccccc3)NC(c3ccc(C4CC=CC(c5cccc6c5-c5cc7c(cc5C65CCCCC5)-c5ccccc5C75CCCCC5)C4)cc3)N2)=CCC1. The quantitative estimate of drug-likeness (QED) is 0.155. The van der Waals surface area contributed by atoms with Crippen molar-refractivity contribution in [2.24, 2.45) is 0 Å². The minimum atomic E-state index is 0.0341. The van der Waals surface area contributed by atoms with Gasteiger partial charge < -0.3 is 0 Å². The Kier molecular flexibility index (Phi) is 9.24.